The monoisotopic (exact) mass is 357 g/mol. The van der Waals surface area contributed by atoms with Gasteiger partial charge in [0, 0.05) is 19.6 Å². The number of nitrogens with zero attached hydrogens (tertiary/aromatic N) is 3. The zero-order chi connectivity index (χ0) is 18.1. The maximum Gasteiger partial charge on any atom is 0.256 e. The number of carbonyl (C=O) groups excluding carboxylic acids is 3. The molecule has 2 fully saturated rings. The van der Waals surface area contributed by atoms with Gasteiger partial charge in [0.05, 0.1) is 24.5 Å². The molecule has 0 saturated carbocycles. The quantitative estimate of drug-likeness (QED) is 0.788. The summed E-state index contributed by atoms with van der Waals surface area (Å²) >= 11 is 0. The fraction of sp³-hybridized carbons (Fsp3) is 0.526. The number of fused-ring (bicyclic) bond motifs is 2. The van der Waals surface area contributed by atoms with E-state index in [0.29, 0.717) is 50.5 Å². The lowest BCUT2D eigenvalue weighted by Crippen LogP contribution is -2.53. The number of anilines is 1. The van der Waals surface area contributed by atoms with E-state index in [0.717, 1.165) is 12.8 Å². The number of hydrogen-bond donors (Lipinski definition) is 0. The minimum atomic E-state index is -0.471. The van der Waals surface area contributed by atoms with Gasteiger partial charge < -0.3 is 19.4 Å². The molecular weight excluding hydrogens is 334 g/mol. The lowest BCUT2D eigenvalue weighted by atomic mass is 10.0. The van der Waals surface area contributed by atoms with Gasteiger partial charge >= 0.3 is 0 Å². The summed E-state index contributed by atoms with van der Waals surface area (Å²) in [5, 5.41) is 0. The van der Waals surface area contributed by atoms with Crippen LogP contribution in [0.2, 0.25) is 0 Å². The lowest BCUT2D eigenvalue weighted by molar-refractivity contribution is -0.135. The summed E-state index contributed by atoms with van der Waals surface area (Å²) in [6.45, 7) is 2.67. The largest absolute Gasteiger partial charge is 0.378 e. The summed E-state index contributed by atoms with van der Waals surface area (Å²) in [4.78, 5) is 43.9. The molecule has 138 valence electrons. The van der Waals surface area contributed by atoms with Crippen LogP contribution in [0.15, 0.2) is 24.3 Å². The number of morpholine rings is 1. The van der Waals surface area contributed by atoms with Gasteiger partial charge in [-0.3, -0.25) is 14.4 Å². The Labute approximate surface area is 152 Å². The Morgan fingerprint density at radius 1 is 1.08 bits per heavy atom. The molecule has 1 aromatic carbocycles. The van der Waals surface area contributed by atoms with Gasteiger partial charge in [-0.15, -0.1) is 0 Å². The van der Waals surface area contributed by atoms with Crippen LogP contribution >= 0.6 is 0 Å². The molecule has 0 bridgehead atoms. The second kappa shape index (κ2) is 7.07. The second-order valence-electron chi connectivity index (χ2n) is 6.94. The molecule has 3 aliphatic heterocycles. The van der Waals surface area contributed by atoms with E-state index >= 15 is 0 Å². The average molecular weight is 357 g/mol. The third kappa shape index (κ3) is 2.96. The number of carbonyl (C=O) groups is 3. The van der Waals surface area contributed by atoms with Crippen molar-refractivity contribution in [3.05, 3.63) is 29.8 Å². The molecule has 0 aliphatic carbocycles. The number of benzene rings is 1. The molecule has 0 radical (unpaired) electrons. The number of para-hydroxylation sites is 1. The predicted octanol–water partition coefficient (Wildman–Crippen LogP) is 0.887. The van der Waals surface area contributed by atoms with E-state index in [1.54, 1.807) is 34.1 Å². The van der Waals surface area contributed by atoms with Crippen LogP contribution < -0.4 is 4.90 Å². The molecule has 0 N–H and O–H groups in total. The topological polar surface area (TPSA) is 70.2 Å². The number of ether oxygens (including phenoxy) is 1. The van der Waals surface area contributed by atoms with E-state index in [1.165, 1.54) is 4.90 Å². The third-order valence-corrected chi connectivity index (χ3v) is 5.40. The Morgan fingerprint density at radius 3 is 2.65 bits per heavy atom. The molecule has 3 aliphatic rings. The van der Waals surface area contributed by atoms with Crippen molar-refractivity contribution >= 4 is 23.4 Å². The van der Waals surface area contributed by atoms with Gasteiger partial charge in [-0.05, 0) is 31.4 Å². The molecule has 7 heteroatoms. The zero-order valence-corrected chi connectivity index (χ0v) is 14.7. The highest BCUT2D eigenvalue weighted by Crippen LogP contribution is 2.31. The van der Waals surface area contributed by atoms with Crippen LogP contribution in [0.25, 0.3) is 0 Å². The fourth-order valence-corrected chi connectivity index (χ4v) is 3.99. The Morgan fingerprint density at radius 2 is 1.85 bits per heavy atom. The summed E-state index contributed by atoms with van der Waals surface area (Å²) in [7, 11) is 0. The van der Waals surface area contributed by atoms with Crippen molar-refractivity contribution in [2.45, 2.75) is 25.3 Å². The van der Waals surface area contributed by atoms with Crippen LogP contribution in [-0.4, -0.2) is 73.0 Å². The van der Waals surface area contributed by atoms with Gasteiger partial charge in [-0.25, -0.2) is 0 Å². The highest BCUT2D eigenvalue weighted by Gasteiger charge is 2.41. The van der Waals surface area contributed by atoms with E-state index in [2.05, 4.69) is 0 Å². The van der Waals surface area contributed by atoms with Gasteiger partial charge in [0.25, 0.3) is 5.91 Å². The summed E-state index contributed by atoms with van der Waals surface area (Å²) in [5.74, 6) is -0.363. The van der Waals surface area contributed by atoms with Crippen LogP contribution in [0.1, 0.15) is 29.6 Å². The number of rotatable bonds is 2. The molecule has 1 atom stereocenters. The Hall–Kier alpha value is -2.41. The molecule has 0 unspecified atom stereocenters. The van der Waals surface area contributed by atoms with E-state index in [1.807, 2.05) is 0 Å². The van der Waals surface area contributed by atoms with Crippen molar-refractivity contribution in [2.24, 2.45) is 0 Å². The Bertz CT molecular complexity index is 729. The number of hydrogen-bond acceptors (Lipinski definition) is 4. The predicted molar refractivity (Wildman–Crippen MR) is 94.9 cm³/mol. The average Bonchev–Trinajstić information content (AvgIpc) is 2.79. The maximum atomic E-state index is 13.2. The smallest absolute Gasteiger partial charge is 0.256 e. The van der Waals surface area contributed by atoms with Crippen molar-refractivity contribution in [3.8, 4) is 0 Å². The summed E-state index contributed by atoms with van der Waals surface area (Å²) in [6, 6.07) is 6.63. The van der Waals surface area contributed by atoms with Gasteiger partial charge in [0.15, 0.2) is 0 Å². The SMILES string of the molecule is O=C(CN1C(=O)[C@@H]2CCCCN2C(=O)c2ccccc21)N1CCOCC1. The van der Waals surface area contributed by atoms with Crippen molar-refractivity contribution in [3.63, 3.8) is 0 Å². The molecule has 2 saturated heterocycles. The van der Waals surface area contributed by atoms with E-state index in [4.69, 9.17) is 4.74 Å². The van der Waals surface area contributed by atoms with Crippen molar-refractivity contribution < 1.29 is 19.1 Å². The molecule has 1 aromatic rings. The van der Waals surface area contributed by atoms with Crippen LogP contribution in [0.5, 0.6) is 0 Å². The van der Waals surface area contributed by atoms with Crippen molar-refractivity contribution in [2.75, 3.05) is 44.3 Å². The van der Waals surface area contributed by atoms with Crippen LogP contribution in [-0.2, 0) is 14.3 Å². The summed E-state index contributed by atoms with van der Waals surface area (Å²) < 4.78 is 5.30. The number of amides is 3. The van der Waals surface area contributed by atoms with Crippen LogP contribution in [0.4, 0.5) is 5.69 Å². The van der Waals surface area contributed by atoms with Crippen molar-refractivity contribution in [1.29, 1.82) is 0 Å². The first-order valence-corrected chi connectivity index (χ1v) is 9.24. The Kier molecular flexibility index (Phi) is 4.63. The first kappa shape index (κ1) is 17.0. The van der Waals surface area contributed by atoms with E-state index < -0.39 is 6.04 Å². The molecule has 0 aromatic heterocycles. The third-order valence-electron chi connectivity index (χ3n) is 5.40. The number of piperidine rings is 1. The van der Waals surface area contributed by atoms with E-state index in [-0.39, 0.29) is 24.3 Å². The summed E-state index contributed by atoms with van der Waals surface area (Å²) in [5.41, 5.74) is 1.04. The molecule has 3 amide bonds. The molecule has 3 heterocycles. The normalized spacial score (nSPS) is 23.4. The van der Waals surface area contributed by atoms with Crippen LogP contribution in [0, 0.1) is 0 Å². The first-order valence-electron chi connectivity index (χ1n) is 9.24. The van der Waals surface area contributed by atoms with Gasteiger partial charge in [-0.2, -0.15) is 0 Å². The van der Waals surface area contributed by atoms with E-state index in [9.17, 15) is 14.4 Å². The lowest BCUT2D eigenvalue weighted by Gasteiger charge is -2.35. The minimum absolute atomic E-state index is 0.0343. The van der Waals surface area contributed by atoms with Crippen molar-refractivity contribution in [1.82, 2.24) is 9.80 Å². The highest BCUT2D eigenvalue weighted by atomic mass is 16.5. The van der Waals surface area contributed by atoms with Gasteiger partial charge in [0.1, 0.15) is 12.6 Å². The molecule has 4 rings (SSSR count). The van der Waals surface area contributed by atoms with Gasteiger partial charge in [-0.1, -0.05) is 12.1 Å². The van der Waals surface area contributed by atoms with Gasteiger partial charge in [0.2, 0.25) is 11.8 Å². The molecule has 0 spiro atoms. The summed E-state index contributed by atoms with van der Waals surface area (Å²) in [6.07, 6.45) is 2.48. The first-order chi connectivity index (χ1) is 12.7. The molecular formula is C19H23N3O4. The minimum Gasteiger partial charge on any atom is -0.378 e. The highest BCUT2D eigenvalue weighted by molar-refractivity contribution is 6.12. The molecule has 26 heavy (non-hydrogen) atoms. The van der Waals surface area contributed by atoms with Crippen LogP contribution in [0.3, 0.4) is 0 Å². The fourth-order valence-electron chi connectivity index (χ4n) is 3.99. The standard InChI is InChI=1S/C19H23N3O4/c23-17(20-9-11-26-12-10-20)13-22-15-6-2-1-5-14(15)18(24)21-8-4-3-7-16(21)19(22)25/h1-2,5-6,16H,3-4,7-13H2/t16-/m0/s1. The Balaban J connectivity index is 1.67. The second-order valence-corrected chi connectivity index (χ2v) is 6.94. The molecule has 7 nitrogen and oxygen atoms in total. The maximum absolute atomic E-state index is 13.2. The zero-order valence-electron chi connectivity index (χ0n) is 14.7.